The monoisotopic (exact) mass is 284 g/mol. The molecule has 0 saturated heterocycles. The van der Waals surface area contributed by atoms with E-state index >= 15 is 0 Å². The van der Waals surface area contributed by atoms with Crippen molar-refractivity contribution in [2.75, 3.05) is 5.32 Å². The van der Waals surface area contributed by atoms with Crippen LogP contribution in [0.25, 0.3) is 0 Å². The molecule has 4 nitrogen and oxygen atoms in total. The van der Waals surface area contributed by atoms with Crippen LogP contribution in [0.3, 0.4) is 0 Å². The molecule has 0 aliphatic heterocycles. The molecule has 2 aromatic rings. The van der Waals surface area contributed by atoms with Crippen LogP contribution in [-0.2, 0) is 11.3 Å². The molecular weight excluding hydrogens is 264 g/mol. The highest BCUT2D eigenvalue weighted by molar-refractivity contribution is 5.94. The fourth-order valence-corrected chi connectivity index (χ4v) is 2.04. The van der Waals surface area contributed by atoms with Crippen molar-refractivity contribution in [3.63, 3.8) is 0 Å². The Balaban J connectivity index is 2.08. The van der Waals surface area contributed by atoms with E-state index in [2.05, 4.69) is 5.32 Å². The highest BCUT2D eigenvalue weighted by Crippen LogP contribution is 2.24. The van der Waals surface area contributed by atoms with Gasteiger partial charge in [-0.05, 0) is 31.5 Å². The molecule has 21 heavy (non-hydrogen) atoms. The predicted octanol–water partition coefficient (Wildman–Crippen LogP) is 2.86. The van der Waals surface area contributed by atoms with Gasteiger partial charge in [-0.2, -0.15) is 0 Å². The van der Waals surface area contributed by atoms with Crippen molar-refractivity contribution in [2.24, 2.45) is 5.73 Å². The molecule has 1 amide bonds. The lowest BCUT2D eigenvalue weighted by atomic mass is 10.1. The summed E-state index contributed by atoms with van der Waals surface area (Å²) in [4.78, 5) is 12.2. The first-order chi connectivity index (χ1) is 10.1. The number of rotatable bonds is 5. The van der Waals surface area contributed by atoms with Crippen LogP contribution in [0.15, 0.2) is 48.5 Å². The number of carbonyl (C=O) groups excluding carboxylic acids is 1. The smallest absolute Gasteiger partial charge is 0.265 e. The summed E-state index contributed by atoms with van der Waals surface area (Å²) < 4.78 is 5.81. The van der Waals surface area contributed by atoms with Crippen molar-refractivity contribution in [3.05, 3.63) is 59.7 Å². The summed E-state index contributed by atoms with van der Waals surface area (Å²) in [5.74, 6) is 0.503. The Morgan fingerprint density at radius 1 is 1.19 bits per heavy atom. The maximum absolute atomic E-state index is 12.2. The van der Waals surface area contributed by atoms with E-state index in [1.165, 1.54) is 0 Å². The fraction of sp³-hybridized carbons (Fsp3) is 0.235. The first-order valence-corrected chi connectivity index (χ1v) is 6.93. The lowest BCUT2D eigenvalue weighted by Crippen LogP contribution is -2.30. The van der Waals surface area contributed by atoms with Crippen LogP contribution in [0.2, 0.25) is 0 Å². The standard InChI is InChI=1S/C17H20N2O2/c1-12-7-6-8-14(11-18)16(12)21-13(2)17(20)19-15-9-4-3-5-10-15/h3-10,13H,11,18H2,1-2H3,(H,19,20). The van der Waals surface area contributed by atoms with Gasteiger partial charge in [0.2, 0.25) is 0 Å². The van der Waals surface area contributed by atoms with Gasteiger partial charge in [0, 0.05) is 17.8 Å². The van der Waals surface area contributed by atoms with Crippen molar-refractivity contribution in [1.29, 1.82) is 0 Å². The molecule has 0 bridgehead atoms. The topological polar surface area (TPSA) is 64.3 Å². The maximum Gasteiger partial charge on any atom is 0.265 e. The SMILES string of the molecule is Cc1cccc(CN)c1OC(C)C(=O)Nc1ccccc1. The summed E-state index contributed by atoms with van der Waals surface area (Å²) in [6.07, 6.45) is -0.600. The van der Waals surface area contributed by atoms with Crippen LogP contribution in [0, 0.1) is 6.92 Å². The first kappa shape index (κ1) is 15.1. The van der Waals surface area contributed by atoms with Gasteiger partial charge in [-0.3, -0.25) is 4.79 Å². The molecule has 0 heterocycles. The minimum absolute atomic E-state index is 0.188. The van der Waals surface area contributed by atoms with E-state index in [4.69, 9.17) is 10.5 Å². The molecule has 0 radical (unpaired) electrons. The van der Waals surface area contributed by atoms with Gasteiger partial charge in [-0.15, -0.1) is 0 Å². The summed E-state index contributed by atoms with van der Waals surface area (Å²) in [5.41, 5.74) is 8.33. The summed E-state index contributed by atoms with van der Waals surface area (Å²) >= 11 is 0. The molecule has 1 unspecified atom stereocenters. The number of nitrogens with one attached hydrogen (secondary N) is 1. The molecule has 3 N–H and O–H groups in total. The van der Waals surface area contributed by atoms with Crippen LogP contribution >= 0.6 is 0 Å². The molecule has 4 heteroatoms. The minimum atomic E-state index is -0.600. The second kappa shape index (κ2) is 6.90. The third kappa shape index (κ3) is 3.83. The predicted molar refractivity (Wildman–Crippen MR) is 84.2 cm³/mol. The highest BCUT2D eigenvalue weighted by atomic mass is 16.5. The number of amides is 1. The zero-order chi connectivity index (χ0) is 15.2. The van der Waals surface area contributed by atoms with Crippen LogP contribution in [0.4, 0.5) is 5.69 Å². The van der Waals surface area contributed by atoms with Crippen LogP contribution in [-0.4, -0.2) is 12.0 Å². The van der Waals surface area contributed by atoms with Crippen molar-refractivity contribution < 1.29 is 9.53 Å². The molecule has 0 spiro atoms. The molecule has 1 atom stereocenters. The molecule has 0 aliphatic carbocycles. The number of ether oxygens (including phenoxy) is 1. The largest absolute Gasteiger partial charge is 0.480 e. The lowest BCUT2D eigenvalue weighted by molar-refractivity contribution is -0.122. The zero-order valence-corrected chi connectivity index (χ0v) is 12.3. The van der Waals surface area contributed by atoms with E-state index < -0.39 is 6.10 Å². The number of para-hydroxylation sites is 2. The van der Waals surface area contributed by atoms with E-state index in [1.807, 2.05) is 55.5 Å². The van der Waals surface area contributed by atoms with E-state index in [0.29, 0.717) is 12.3 Å². The second-order valence-corrected chi connectivity index (χ2v) is 4.88. The summed E-state index contributed by atoms with van der Waals surface area (Å²) in [6.45, 7) is 4.05. The zero-order valence-electron chi connectivity index (χ0n) is 12.3. The van der Waals surface area contributed by atoms with Gasteiger partial charge in [0.25, 0.3) is 5.91 Å². The Bertz CT molecular complexity index is 611. The molecule has 0 aliphatic rings. The van der Waals surface area contributed by atoms with Crippen molar-refractivity contribution >= 4 is 11.6 Å². The van der Waals surface area contributed by atoms with Crippen molar-refractivity contribution in [3.8, 4) is 5.75 Å². The van der Waals surface area contributed by atoms with E-state index in [-0.39, 0.29) is 5.91 Å². The quantitative estimate of drug-likeness (QED) is 0.887. The Morgan fingerprint density at radius 3 is 2.57 bits per heavy atom. The fourth-order valence-electron chi connectivity index (χ4n) is 2.04. The summed E-state index contributed by atoms with van der Waals surface area (Å²) in [6, 6.07) is 15.1. The Kier molecular flexibility index (Phi) is 4.95. The number of benzene rings is 2. The average molecular weight is 284 g/mol. The van der Waals surface area contributed by atoms with Gasteiger partial charge in [-0.25, -0.2) is 0 Å². The van der Waals surface area contributed by atoms with Crippen LogP contribution in [0.5, 0.6) is 5.75 Å². The Hall–Kier alpha value is -2.33. The van der Waals surface area contributed by atoms with Gasteiger partial charge in [0.1, 0.15) is 5.75 Å². The molecule has 2 aromatic carbocycles. The van der Waals surface area contributed by atoms with E-state index in [1.54, 1.807) is 6.92 Å². The van der Waals surface area contributed by atoms with Gasteiger partial charge in [0.05, 0.1) is 0 Å². The Labute approximate surface area is 124 Å². The van der Waals surface area contributed by atoms with Gasteiger partial charge in [-0.1, -0.05) is 36.4 Å². The average Bonchev–Trinajstić information content (AvgIpc) is 2.50. The molecule has 0 fully saturated rings. The van der Waals surface area contributed by atoms with Gasteiger partial charge < -0.3 is 15.8 Å². The lowest BCUT2D eigenvalue weighted by Gasteiger charge is -2.18. The molecular formula is C17H20N2O2. The van der Waals surface area contributed by atoms with Gasteiger partial charge in [0.15, 0.2) is 6.10 Å². The number of aryl methyl sites for hydroxylation is 1. The Morgan fingerprint density at radius 2 is 1.90 bits per heavy atom. The number of anilines is 1. The van der Waals surface area contributed by atoms with E-state index in [0.717, 1.165) is 16.8 Å². The number of carbonyl (C=O) groups is 1. The summed E-state index contributed by atoms with van der Waals surface area (Å²) in [5, 5.41) is 2.82. The third-order valence-corrected chi connectivity index (χ3v) is 3.22. The highest BCUT2D eigenvalue weighted by Gasteiger charge is 2.17. The normalized spacial score (nSPS) is 11.8. The third-order valence-electron chi connectivity index (χ3n) is 3.22. The van der Waals surface area contributed by atoms with E-state index in [9.17, 15) is 4.79 Å². The first-order valence-electron chi connectivity index (χ1n) is 6.93. The molecule has 0 saturated carbocycles. The van der Waals surface area contributed by atoms with Crippen LogP contribution in [0.1, 0.15) is 18.1 Å². The second-order valence-electron chi connectivity index (χ2n) is 4.88. The van der Waals surface area contributed by atoms with Gasteiger partial charge >= 0.3 is 0 Å². The number of hydrogen-bond donors (Lipinski definition) is 2. The van der Waals surface area contributed by atoms with Crippen LogP contribution < -0.4 is 15.8 Å². The number of hydrogen-bond acceptors (Lipinski definition) is 3. The number of nitrogens with two attached hydrogens (primary N) is 1. The molecule has 0 aromatic heterocycles. The minimum Gasteiger partial charge on any atom is -0.480 e. The maximum atomic E-state index is 12.2. The van der Waals surface area contributed by atoms with Crippen molar-refractivity contribution in [1.82, 2.24) is 0 Å². The molecule has 110 valence electrons. The van der Waals surface area contributed by atoms with Crippen molar-refractivity contribution in [2.45, 2.75) is 26.5 Å². The summed E-state index contributed by atoms with van der Waals surface area (Å²) in [7, 11) is 0. The molecule has 2 rings (SSSR count).